The lowest BCUT2D eigenvalue weighted by molar-refractivity contribution is -0.137. The van der Waals surface area contributed by atoms with E-state index in [0.29, 0.717) is 5.56 Å². The number of para-hydroxylation sites is 1. The zero-order valence-electron chi connectivity index (χ0n) is 17.3. The molecule has 2 atom stereocenters. The molecule has 2 aromatic carbocycles. The summed E-state index contributed by atoms with van der Waals surface area (Å²) < 4.78 is 40.1. The van der Waals surface area contributed by atoms with E-state index in [9.17, 15) is 22.8 Å². The number of halogens is 3. The number of hydrogen-bond acceptors (Lipinski definition) is 3. The molecule has 0 aliphatic carbocycles. The third kappa shape index (κ3) is 2.63. The molecule has 3 aliphatic rings. The second kappa shape index (κ2) is 6.28. The van der Waals surface area contributed by atoms with Gasteiger partial charge in [0.25, 0.3) is 5.91 Å². The summed E-state index contributed by atoms with van der Waals surface area (Å²) in [6.45, 7) is 6.11. The van der Waals surface area contributed by atoms with Crippen molar-refractivity contribution >= 4 is 35.0 Å². The predicted molar refractivity (Wildman–Crippen MR) is 114 cm³/mol. The standard InChI is InChI=1S/C23H21F3N2O2S/c1-13-11-21(2,3)28-19-16(13)8-5-9-17(19)22(20(28)30)27(18(29)12-31-22)15-7-4-6-14(10-15)23(24,25)26/h4-10,13H,11-12H2,1-3H3/t13-,22+/m0/s1. The first-order chi connectivity index (χ1) is 14.5. The highest BCUT2D eigenvalue weighted by atomic mass is 32.2. The molecule has 0 unspecified atom stereocenters. The van der Waals surface area contributed by atoms with E-state index >= 15 is 0 Å². The van der Waals surface area contributed by atoms with Crippen LogP contribution in [0.3, 0.4) is 0 Å². The molecule has 0 bridgehead atoms. The van der Waals surface area contributed by atoms with Gasteiger partial charge in [-0.2, -0.15) is 13.2 Å². The number of thioether (sulfide) groups is 1. The zero-order valence-corrected chi connectivity index (χ0v) is 18.1. The Labute approximate surface area is 182 Å². The van der Waals surface area contributed by atoms with Crippen LogP contribution in [0.15, 0.2) is 42.5 Å². The van der Waals surface area contributed by atoms with Crippen molar-refractivity contribution in [1.29, 1.82) is 0 Å². The first kappa shape index (κ1) is 20.4. The monoisotopic (exact) mass is 446 g/mol. The van der Waals surface area contributed by atoms with Gasteiger partial charge < -0.3 is 4.90 Å². The Morgan fingerprint density at radius 3 is 2.48 bits per heavy atom. The molecule has 4 nitrogen and oxygen atoms in total. The SMILES string of the molecule is C[C@H]1CC(C)(C)N2C(=O)[C@]3(SCC(=O)N3c3cccc(C(F)(F)F)c3)c3cccc1c32. The van der Waals surface area contributed by atoms with Crippen LogP contribution < -0.4 is 9.80 Å². The molecule has 0 radical (unpaired) electrons. The molecule has 1 spiro atoms. The lowest BCUT2D eigenvalue weighted by atomic mass is 9.80. The normalized spacial score (nSPS) is 26.7. The lowest BCUT2D eigenvalue weighted by Gasteiger charge is -2.44. The van der Waals surface area contributed by atoms with Gasteiger partial charge in [-0.25, -0.2) is 0 Å². The van der Waals surface area contributed by atoms with Crippen LogP contribution in [-0.4, -0.2) is 23.1 Å². The van der Waals surface area contributed by atoms with Crippen molar-refractivity contribution in [3.8, 4) is 0 Å². The number of carbonyl (C=O) groups is 2. The number of carbonyl (C=O) groups excluding carboxylic acids is 2. The van der Waals surface area contributed by atoms with E-state index in [1.165, 1.54) is 28.8 Å². The minimum absolute atomic E-state index is 0.0233. The van der Waals surface area contributed by atoms with E-state index in [-0.39, 0.29) is 29.2 Å². The summed E-state index contributed by atoms with van der Waals surface area (Å²) in [6.07, 6.45) is -3.79. The summed E-state index contributed by atoms with van der Waals surface area (Å²) in [5, 5.41) is 0. The van der Waals surface area contributed by atoms with Gasteiger partial charge in [-0.15, -0.1) is 11.8 Å². The molecule has 31 heavy (non-hydrogen) atoms. The van der Waals surface area contributed by atoms with Crippen LogP contribution in [0.2, 0.25) is 0 Å². The van der Waals surface area contributed by atoms with Gasteiger partial charge in [-0.1, -0.05) is 31.2 Å². The average Bonchev–Trinajstić information content (AvgIpc) is 3.16. The van der Waals surface area contributed by atoms with Gasteiger partial charge in [0.2, 0.25) is 10.8 Å². The van der Waals surface area contributed by atoms with Crippen LogP contribution in [0.5, 0.6) is 0 Å². The Bertz CT molecular complexity index is 1130. The molecule has 5 rings (SSSR count). The summed E-state index contributed by atoms with van der Waals surface area (Å²) in [7, 11) is 0. The highest BCUT2D eigenvalue weighted by Crippen LogP contribution is 2.61. The van der Waals surface area contributed by atoms with Crippen LogP contribution in [0.25, 0.3) is 0 Å². The van der Waals surface area contributed by atoms with Crippen molar-refractivity contribution < 1.29 is 22.8 Å². The number of rotatable bonds is 1. The largest absolute Gasteiger partial charge is 0.416 e. The minimum atomic E-state index is -4.55. The van der Waals surface area contributed by atoms with E-state index in [0.717, 1.165) is 29.8 Å². The molecule has 3 heterocycles. The molecule has 162 valence electrons. The van der Waals surface area contributed by atoms with Crippen LogP contribution in [-0.2, 0) is 20.6 Å². The third-order valence-electron chi connectivity index (χ3n) is 6.49. The van der Waals surface area contributed by atoms with Gasteiger partial charge in [0.15, 0.2) is 0 Å². The zero-order chi connectivity index (χ0) is 22.3. The maximum atomic E-state index is 14.0. The number of nitrogens with zero attached hydrogens (tertiary/aromatic N) is 2. The number of alkyl halides is 3. The van der Waals surface area contributed by atoms with Crippen molar-refractivity contribution in [1.82, 2.24) is 0 Å². The van der Waals surface area contributed by atoms with Gasteiger partial charge in [0.05, 0.1) is 17.0 Å². The summed E-state index contributed by atoms with van der Waals surface area (Å²) >= 11 is 1.19. The molecule has 1 fully saturated rings. The fourth-order valence-electron chi connectivity index (χ4n) is 5.35. The maximum Gasteiger partial charge on any atom is 0.416 e. The fourth-order valence-corrected chi connectivity index (χ4v) is 6.68. The van der Waals surface area contributed by atoms with Crippen molar-refractivity contribution in [3.63, 3.8) is 0 Å². The Morgan fingerprint density at radius 2 is 1.77 bits per heavy atom. The predicted octanol–water partition coefficient (Wildman–Crippen LogP) is 5.27. The van der Waals surface area contributed by atoms with E-state index in [1.54, 1.807) is 4.90 Å². The van der Waals surface area contributed by atoms with Crippen LogP contribution in [0, 0.1) is 0 Å². The number of fused-ring (bicyclic) bond motifs is 1. The molecular formula is C23H21F3N2O2S. The second-order valence-corrected chi connectivity index (χ2v) is 10.2. The summed E-state index contributed by atoms with van der Waals surface area (Å²) in [6, 6.07) is 10.4. The quantitative estimate of drug-likeness (QED) is 0.599. The molecule has 3 aliphatic heterocycles. The second-order valence-electron chi connectivity index (χ2n) is 9.01. The smallest absolute Gasteiger partial charge is 0.303 e. The van der Waals surface area contributed by atoms with Crippen molar-refractivity contribution in [3.05, 3.63) is 59.2 Å². The highest BCUT2D eigenvalue weighted by molar-refractivity contribution is 8.02. The average molecular weight is 446 g/mol. The Hall–Kier alpha value is -2.48. The minimum Gasteiger partial charge on any atom is -0.303 e. The first-order valence-electron chi connectivity index (χ1n) is 10.1. The Kier molecular flexibility index (Phi) is 4.14. The number of benzene rings is 2. The van der Waals surface area contributed by atoms with Crippen molar-refractivity contribution in [2.75, 3.05) is 15.6 Å². The van der Waals surface area contributed by atoms with E-state index in [1.807, 2.05) is 32.0 Å². The van der Waals surface area contributed by atoms with Gasteiger partial charge in [-0.3, -0.25) is 14.5 Å². The topological polar surface area (TPSA) is 40.6 Å². The van der Waals surface area contributed by atoms with Gasteiger partial charge in [0.1, 0.15) is 0 Å². The van der Waals surface area contributed by atoms with E-state index in [4.69, 9.17) is 0 Å². The summed E-state index contributed by atoms with van der Waals surface area (Å²) in [5.74, 6) is -0.399. The molecule has 0 saturated carbocycles. The van der Waals surface area contributed by atoms with Crippen molar-refractivity contribution in [2.24, 2.45) is 0 Å². The number of amides is 2. The van der Waals surface area contributed by atoms with Gasteiger partial charge in [0, 0.05) is 16.8 Å². The Morgan fingerprint density at radius 1 is 1.06 bits per heavy atom. The Balaban J connectivity index is 1.75. The third-order valence-corrected chi connectivity index (χ3v) is 7.88. The summed E-state index contributed by atoms with van der Waals surface area (Å²) in [5.41, 5.74) is 1.28. The lowest BCUT2D eigenvalue weighted by Crippen LogP contribution is -2.56. The molecule has 0 aromatic heterocycles. The molecule has 2 aromatic rings. The van der Waals surface area contributed by atoms with Gasteiger partial charge in [-0.05, 0) is 49.9 Å². The van der Waals surface area contributed by atoms with Crippen LogP contribution >= 0.6 is 11.8 Å². The number of hydrogen-bond donors (Lipinski definition) is 0. The van der Waals surface area contributed by atoms with E-state index < -0.39 is 22.1 Å². The summed E-state index contributed by atoms with van der Waals surface area (Å²) in [4.78, 5) is 28.7. The van der Waals surface area contributed by atoms with E-state index in [2.05, 4.69) is 6.92 Å². The molecule has 2 amide bonds. The molecular weight excluding hydrogens is 425 g/mol. The van der Waals surface area contributed by atoms with Gasteiger partial charge >= 0.3 is 6.18 Å². The number of anilines is 2. The van der Waals surface area contributed by atoms with Crippen molar-refractivity contribution in [2.45, 2.75) is 49.7 Å². The first-order valence-corrected chi connectivity index (χ1v) is 11.1. The highest BCUT2D eigenvalue weighted by Gasteiger charge is 2.64. The molecule has 1 saturated heterocycles. The van der Waals surface area contributed by atoms with Crippen LogP contribution in [0.1, 0.15) is 49.8 Å². The maximum absolute atomic E-state index is 14.0. The fraction of sp³-hybridized carbons (Fsp3) is 0.391. The molecule has 8 heteroatoms. The molecule has 0 N–H and O–H groups in total. The van der Waals surface area contributed by atoms with Crippen LogP contribution in [0.4, 0.5) is 24.5 Å².